The van der Waals surface area contributed by atoms with Gasteiger partial charge in [-0.2, -0.15) is 4.98 Å². The fourth-order valence-electron chi connectivity index (χ4n) is 2.93. The molecule has 27 heavy (non-hydrogen) atoms. The Morgan fingerprint density at radius 1 is 1.22 bits per heavy atom. The largest absolute Gasteiger partial charge is 0.496 e. The van der Waals surface area contributed by atoms with Gasteiger partial charge in [-0.15, -0.1) is 0 Å². The summed E-state index contributed by atoms with van der Waals surface area (Å²) in [6.07, 6.45) is 3.09. The molecule has 0 fully saturated rings. The number of nitrogens with two attached hydrogens (primary N) is 1. The third-order valence-electron chi connectivity index (χ3n) is 4.35. The molecule has 0 amide bonds. The summed E-state index contributed by atoms with van der Waals surface area (Å²) in [7, 11) is 1.57. The molecule has 3 heterocycles. The van der Waals surface area contributed by atoms with E-state index in [9.17, 15) is 4.79 Å². The van der Waals surface area contributed by atoms with Gasteiger partial charge in [0.1, 0.15) is 17.0 Å². The van der Waals surface area contributed by atoms with Gasteiger partial charge >= 0.3 is 0 Å². The number of pyridine rings is 1. The lowest BCUT2D eigenvalue weighted by Crippen LogP contribution is -2.17. The molecule has 0 bridgehead atoms. The van der Waals surface area contributed by atoms with Crippen molar-refractivity contribution in [2.45, 2.75) is 13.0 Å². The zero-order valence-corrected chi connectivity index (χ0v) is 14.8. The van der Waals surface area contributed by atoms with Crippen LogP contribution in [0.2, 0.25) is 0 Å². The smallest absolute Gasteiger partial charge is 0.270 e. The zero-order chi connectivity index (χ0) is 19.0. The van der Waals surface area contributed by atoms with E-state index in [1.165, 1.54) is 10.6 Å². The minimum absolute atomic E-state index is 0.0729. The van der Waals surface area contributed by atoms with Crippen LogP contribution in [0.15, 0.2) is 58.1 Å². The number of ether oxygens (including phenoxy) is 1. The van der Waals surface area contributed by atoms with Gasteiger partial charge in [0.15, 0.2) is 5.82 Å². The molecule has 0 spiro atoms. The van der Waals surface area contributed by atoms with E-state index in [4.69, 9.17) is 15.0 Å². The predicted octanol–water partition coefficient (Wildman–Crippen LogP) is 2.11. The van der Waals surface area contributed by atoms with Gasteiger partial charge in [0, 0.05) is 18.0 Å². The van der Waals surface area contributed by atoms with Gasteiger partial charge in [-0.3, -0.25) is 9.20 Å². The van der Waals surface area contributed by atoms with Crippen LogP contribution in [-0.2, 0) is 0 Å². The first-order chi connectivity index (χ1) is 13.1. The van der Waals surface area contributed by atoms with Crippen molar-refractivity contribution >= 4 is 5.65 Å². The number of para-hydroxylation sites is 1. The number of hydrogen-bond donors (Lipinski definition) is 1. The van der Waals surface area contributed by atoms with Crippen LogP contribution in [0.4, 0.5) is 0 Å². The molecule has 1 atom stereocenters. The van der Waals surface area contributed by atoms with Crippen LogP contribution in [0, 0.1) is 6.92 Å². The van der Waals surface area contributed by atoms with Crippen LogP contribution in [0.1, 0.15) is 23.0 Å². The molecule has 4 rings (SSSR count). The monoisotopic (exact) mass is 363 g/mol. The second-order valence-corrected chi connectivity index (χ2v) is 6.04. The fraction of sp³-hybridized carbons (Fsp3) is 0.158. The van der Waals surface area contributed by atoms with Gasteiger partial charge in [0.05, 0.1) is 13.2 Å². The Kier molecular flexibility index (Phi) is 4.17. The maximum atomic E-state index is 12.8. The van der Waals surface area contributed by atoms with E-state index in [1.54, 1.807) is 25.4 Å². The van der Waals surface area contributed by atoms with Crippen LogP contribution < -0.4 is 16.0 Å². The molecule has 0 aliphatic carbocycles. The average Bonchev–Trinajstić information content (AvgIpc) is 3.18. The highest BCUT2D eigenvalue weighted by atomic mass is 16.5. The Hall–Kier alpha value is -3.52. The first-order valence-corrected chi connectivity index (χ1v) is 8.29. The maximum Gasteiger partial charge on any atom is 0.270 e. The minimum atomic E-state index is -0.655. The van der Waals surface area contributed by atoms with Crippen LogP contribution in [0.25, 0.3) is 17.1 Å². The first kappa shape index (κ1) is 16.9. The first-order valence-electron chi connectivity index (χ1n) is 8.29. The van der Waals surface area contributed by atoms with E-state index < -0.39 is 6.04 Å². The molecule has 0 saturated carbocycles. The van der Waals surface area contributed by atoms with Gasteiger partial charge in [-0.05, 0) is 24.6 Å². The van der Waals surface area contributed by atoms with E-state index in [-0.39, 0.29) is 22.8 Å². The zero-order valence-electron chi connectivity index (χ0n) is 14.8. The number of methoxy groups -OCH3 is 1. The standard InChI is InChI=1S/C19H17N5O3/c1-11-6-5-9-24-17(11)21-10-13(19(24)25)18-22-16(23-27-18)15(20)12-7-3-4-8-14(12)26-2/h3-10,15H,20H2,1-2H3. The Labute approximate surface area is 154 Å². The summed E-state index contributed by atoms with van der Waals surface area (Å²) in [6.45, 7) is 1.89. The molecule has 136 valence electrons. The number of benzene rings is 1. The van der Waals surface area contributed by atoms with E-state index in [2.05, 4.69) is 15.1 Å². The lowest BCUT2D eigenvalue weighted by atomic mass is 10.1. The summed E-state index contributed by atoms with van der Waals surface area (Å²) in [5.41, 5.74) is 8.39. The maximum absolute atomic E-state index is 12.8. The quantitative estimate of drug-likeness (QED) is 0.591. The molecule has 0 saturated heterocycles. The van der Waals surface area contributed by atoms with Crippen molar-refractivity contribution in [3.8, 4) is 17.2 Å². The lowest BCUT2D eigenvalue weighted by Gasteiger charge is -2.11. The van der Waals surface area contributed by atoms with Gasteiger partial charge in [-0.25, -0.2) is 4.98 Å². The van der Waals surface area contributed by atoms with Crippen molar-refractivity contribution in [2.75, 3.05) is 7.11 Å². The van der Waals surface area contributed by atoms with E-state index in [0.29, 0.717) is 11.4 Å². The summed E-state index contributed by atoms with van der Waals surface area (Å²) in [6, 6.07) is 10.3. The summed E-state index contributed by atoms with van der Waals surface area (Å²) in [4.78, 5) is 21.4. The Morgan fingerprint density at radius 2 is 2.04 bits per heavy atom. The van der Waals surface area contributed by atoms with E-state index in [1.807, 2.05) is 31.2 Å². The van der Waals surface area contributed by atoms with Crippen molar-refractivity contribution in [3.05, 3.63) is 76.1 Å². The van der Waals surface area contributed by atoms with E-state index in [0.717, 1.165) is 11.1 Å². The van der Waals surface area contributed by atoms with Crippen LogP contribution in [0.3, 0.4) is 0 Å². The minimum Gasteiger partial charge on any atom is -0.496 e. The molecule has 2 N–H and O–H groups in total. The molecule has 1 aromatic carbocycles. The van der Waals surface area contributed by atoms with Crippen molar-refractivity contribution in [1.29, 1.82) is 0 Å². The normalized spacial score (nSPS) is 12.3. The van der Waals surface area contributed by atoms with E-state index >= 15 is 0 Å². The molecule has 3 aromatic heterocycles. The third kappa shape index (κ3) is 2.85. The highest BCUT2D eigenvalue weighted by molar-refractivity contribution is 5.55. The van der Waals surface area contributed by atoms with Gasteiger partial charge in [0.25, 0.3) is 11.4 Å². The second-order valence-electron chi connectivity index (χ2n) is 6.04. The number of nitrogens with zero attached hydrogens (tertiary/aromatic N) is 4. The van der Waals surface area contributed by atoms with Gasteiger partial charge in [-0.1, -0.05) is 29.4 Å². The number of hydrogen-bond acceptors (Lipinski definition) is 7. The molecule has 4 aromatic rings. The number of aryl methyl sites for hydroxylation is 1. The van der Waals surface area contributed by atoms with Crippen molar-refractivity contribution in [3.63, 3.8) is 0 Å². The van der Waals surface area contributed by atoms with Crippen molar-refractivity contribution in [2.24, 2.45) is 5.73 Å². The summed E-state index contributed by atoms with van der Waals surface area (Å²) < 4.78 is 12.1. The molecular weight excluding hydrogens is 346 g/mol. The molecule has 8 heteroatoms. The molecule has 0 aliphatic heterocycles. The van der Waals surface area contributed by atoms with Crippen LogP contribution >= 0.6 is 0 Å². The molecule has 0 radical (unpaired) electrons. The highest BCUT2D eigenvalue weighted by Crippen LogP contribution is 2.27. The van der Waals surface area contributed by atoms with Gasteiger partial charge < -0.3 is 15.0 Å². The summed E-state index contributed by atoms with van der Waals surface area (Å²) >= 11 is 0. The van der Waals surface area contributed by atoms with Crippen LogP contribution in [0.5, 0.6) is 5.75 Å². The Balaban J connectivity index is 1.76. The molecule has 1 unspecified atom stereocenters. The number of aromatic nitrogens is 4. The Morgan fingerprint density at radius 3 is 2.85 bits per heavy atom. The highest BCUT2D eigenvalue weighted by Gasteiger charge is 2.22. The summed E-state index contributed by atoms with van der Waals surface area (Å²) in [5, 5.41) is 3.94. The lowest BCUT2D eigenvalue weighted by molar-refractivity contribution is 0.402. The third-order valence-corrected chi connectivity index (χ3v) is 4.35. The Bertz CT molecular complexity index is 1180. The van der Waals surface area contributed by atoms with Crippen molar-refractivity contribution < 1.29 is 9.26 Å². The topological polar surface area (TPSA) is 109 Å². The molecule has 0 aliphatic rings. The molecular formula is C19H17N5O3. The second kappa shape index (κ2) is 6.65. The van der Waals surface area contributed by atoms with Crippen molar-refractivity contribution in [1.82, 2.24) is 19.5 Å². The SMILES string of the molecule is COc1ccccc1C(N)c1noc(-c2cnc3c(C)cccn3c2=O)n1. The average molecular weight is 363 g/mol. The predicted molar refractivity (Wildman–Crippen MR) is 98.5 cm³/mol. The fourth-order valence-corrected chi connectivity index (χ4v) is 2.93. The summed E-state index contributed by atoms with van der Waals surface area (Å²) in [5.74, 6) is 0.950. The number of fused-ring (bicyclic) bond motifs is 1. The van der Waals surface area contributed by atoms with Crippen LogP contribution in [-0.4, -0.2) is 26.6 Å². The number of rotatable bonds is 4. The molecule has 8 nitrogen and oxygen atoms in total. The van der Waals surface area contributed by atoms with Gasteiger partial charge in [0.2, 0.25) is 0 Å².